The molecular formula is C14H21N3O2. The summed E-state index contributed by atoms with van der Waals surface area (Å²) in [5.41, 5.74) is 6.46. The van der Waals surface area contributed by atoms with Crippen molar-refractivity contribution in [1.29, 1.82) is 0 Å². The van der Waals surface area contributed by atoms with Crippen LogP contribution in [0.1, 0.15) is 11.6 Å². The van der Waals surface area contributed by atoms with E-state index in [1.165, 1.54) is 0 Å². The monoisotopic (exact) mass is 263 g/mol. The van der Waals surface area contributed by atoms with Gasteiger partial charge < -0.3 is 15.4 Å². The third kappa shape index (κ3) is 3.05. The van der Waals surface area contributed by atoms with Crippen molar-refractivity contribution >= 4 is 5.91 Å². The number of nitrogens with zero attached hydrogens (tertiary/aromatic N) is 2. The molecule has 5 heteroatoms. The molecule has 1 aliphatic rings. The Morgan fingerprint density at radius 1 is 1.26 bits per heavy atom. The van der Waals surface area contributed by atoms with Crippen LogP contribution < -0.4 is 10.5 Å². The average Bonchev–Trinajstić information content (AvgIpc) is 2.41. The molecule has 1 amide bonds. The van der Waals surface area contributed by atoms with Crippen molar-refractivity contribution in [3.05, 3.63) is 29.8 Å². The Kier molecular flexibility index (Phi) is 4.39. The van der Waals surface area contributed by atoms with Crippen molar-refractivity contribution in [3.63, 3.8) is 0 Å². The summed E-state index contributed by atoms with van der Waals surface area (Å²) in [6.07, 6.45) is 0. The lowest BCUT2D eigenvalue weighted by atomic mass is 10.0. The second-order valence-electron chi connectivity index (χ2n) is 4.89. The Morgan fingerprint density at radius 3 is 2.47 bits per heavy atom. The van der Waals surface area contributed by atoms with Crippen LogP contribution in [0.5, 0.6) is 5.75 Å². The molecule has 0 spiro atoms. The van der Waals surface area contributed by atoms with Gasteiger partial charge in [0.25, 0.3) is 0 Å². The number of rotatable bonds is 4. The molecule has 0 saturated carbocycles. The van der Waals surface area contributed by atoms with Crippen molar-refractivity contribution < 1.29 is 9.53 Å². The number of primary amides is 1. The summed E-state index contributed by atoms with van der Waals surface area (Å²) in [6.45, 7) is 3.56. The van der Waals surface area contributed by atoms with Gasteiger partial charge in [0, 0.05) is 31.7 Å². The quantitative estimate of drug-likeness (QED) is 0.858. The Morgan fingerprint density at radius 2 is 1.89 bits per heavy atom. The van der Waals surface area contributed by atoms with Crippen LogP contribution in [0.3, 0.4) is 0 Å². The molecular weight excluding hydrogens is 242 g/mol. The predicted molar refractivity (Wildman–Crippen MR) is 74.0 cm³/mol. The average molecular weight is 263 g/mol. The van der Waals surface area contributed by atoms with Crippen LogP contribution in [0.25, 0.3) is 0 Å². The highest BCUT2D eigenvalue weighted by Crippen LogP contribution is 2.29. The summed E-state index contributed by atoms with van der Waals surface area (Å²) in [6, 6.07) is 7.16. The van der Waals surface area contributed by atoms with Crippen LogP contribution in [0, 0.1) is 0 Å². The number of hydrogen-bond acceptors (Lipinski definition) is 4. The maximum Gasteiger partial charge on any atom is 0.239 e. The number of carbonyl (C=O) groups is 1. The molecule has 0 aliphatic carbocycles. The summed E-state index contributed by atoms with van der Waals surface area (Å²) in [4.78, 5) is 16.2. The lowest BCUT2D eigenvalue weighted by molar-refractivity contribution is -0.124. The van der Waals surface area contributed by atoms with Gasteiger partial charge in [0.2, 0.25) is 5.91 Å². The molecule has 19 heavy (non-hydrogen) atoms. The molecule has 2 rings (SSSR count). The number of likely N-dealkylation sites (N-methyl/N-ethyl adjacent to an activating group) is 1. The van der Waals surface area contributed by atoms with Crippen molar-refractivity contribution in [2.45, 2.75) is 6.04 Å². The van der Waals surface area contributed by atoms with E-state index >= 15 is 0 Å². The number of hydrogen-bond donors (Lipinski definition) is 1. The van der Waals surface area contributed by atoms with E-state index in [0.29, 0.717) is 5.75 Å². The van der Waals surface area contributed by atoms with Gasteiger partial charge in [-0.3, -0.25) is 9.69 Å². The zero-order valence-corrected chi connectivity index (χ0v) is 11.5. The molecule has 1 atom stereocenters. The van der Waals surface area contributed by atoms with Crippen LogP contribution in [0.4, 0.5) is 0 Å². The summed E-state index contributed by atoms with van der Waals surface area (Å²) >= 11 is 0. The van der Waals surface area contributed by atoms with Crippen LogP contribution in [0.2, 0.25) is 0 Å². The topological polar surface area (TPSA) is 58.8 Å². The largest absolute Gasteiger partial charge is 0.496 e. The van der Waals surface area contributed by atoms with Crippen LogP contribution in [-0.4, -0.2) is 56.0 Å². The summed E-state index contributed by atoms with van der Waals surface area (Å²) in [7, 11) is 3.70. The van der Waals surface area contributed by atoms with Crippen LogP contribution in [-0.2, 0) is 4.79 Å². The van der Waals surface area contributed by atoms with Crippen molar-refractivity contribution in [1.82, 2.24) is 9.80 Å². The Bertz CT molecular complexity index is 442. The fourth-order valence-electron chi connectivity index (χ4n) is 2.50. The van der Waals surface area contributed by atoms with Crippen molar-refractivity contribution in [2.75, 3.05) is 40.3 Å². The number of para-hydroxylation sites is 1. The smallest absolute Gasteiger partial charge is 0.239 e. The first-order valence-electron chi connectivity index (χ1n) is 6.48. The number of piperazine rings is 1. The maximum atomic E-state index is 11.9. The standard InChI is InChI=1S/C14H21N3O2/c1-16-7-9-17(10-8-16)13(14(15)18)11-5-3-4-6-12(11)19-2/h3-6,13H,7-10H2,1-2H3,(H2,15,18). The van der Waals surface area contributed by atoms with Gasteiger partial charge in [-0.15, -0.1) is 0 Å². The minimum Gasteiger partial charge on any atom is -0.496 e. The number of nitrogens with two attached hydrogens (primary N) is 1. The molecule has 1 aromatic carbocycles. The van der Waals surface area contributed by atoms with Gasteiger partial charge in [0.1, 0.15) is 11.8 Å². The summed E-state index contributed by atoms with van der Waals surface area (Å²) in [5, 5.41) is 0. The number of ether oxygens (including phenoxy) is 1. The van der Waals surface area contributed by atoms with Crippen LogP contribution >= 0.6 is 0 Å². The fraction of sp³-hybridized carbons (Fsp3) is 0.500. The van der Waals surface area contributed by atoms with E-state index in [-0.39, 0.29) is 5.91 Å². The first kappa shape index (κ1) is 13.8. The van der Waals surface area contributed by atoms with Crippen LogP contribution in [0.15, 0.2) is 24.3 Å². The Labute approximate surface area is 113 Å². The third-order valence-electron chi connectivity index (χ3n) is 3.61. The highest BCUT2D eigenvalue weighted by Gasteiger charge is 2.30. The Balaban J connectivity index is 2.27. The van der Waals surface area contributed by atoms with Gasteiger partial charge in [-0.2, -0.15) is 0 Å². The highest BCUT2D eigenvalue weighted by molar-refractivity contribution is 5.82. The third-order valence-corrected chi connectivity index (χ3v) is 3.61. The van der Waals surface area contributed by atoms with Crippen molar-refractivity contribution in [2.24, 2.45) is 5.73 Å². The molecule has 0 bridgehead atoms. The van der Waals surface area contributed by atoms with E-state index in [4.69, 9.17) is 10.5 Å². The molecule has 0 aromatic heterocycles. The first-order valence-corrected chi connectivity index (χ1v) is 6.48. The molecule has 104 valence electrons. The number of amides is 1. The molecule has 2 N–H and O–H groups in total. The minimum absolute atomic E-state index is 0.325. The van der Waals surface area contributed by atoms with Gasteiger partial charge in [-0.25, -0.2) is 0 Å². The zero-order valence-electron chi connectivity index (χ0n) is 11.5. The van der Waals surface area contributed by atoms with Gasteiger partial charge in [0.05, 0.1) is 7.11 Å². The summed E-state index contributed by atoms with van der Waals surface area (Å²) in [5.74, 6) is 0.388. The normalized spacial score (nSPS) is 19.1. The predicted octanol–water partition coefficient (Wildman–Crippen LogP) is 0.469. The molecule has 1 heterocycles. The van der Waals surface area contributed by atoms with E-state index in [0.717, 1.165) is 31.7 Å². The lowest BCUT2D eigenvalue weighted by Gasteiger charge is -2.37. The molecule has 1 unspecified atom stereocenters. The van der Waals surface area contributed by atoms with E-state index in [2.05, 4.69) is 16.8 Å². The molecule has 5 nitrogen and oxygen atoms in total. The first-order chi connectivity index (χ1) is 9.13. The number of carbonyl (C=O) groups excluding carboxylic acids is 1. The van der Waals surface area contributed by atoms with E-state index in [9.17, 15) is 4.79 Å². The lowest BCUT2D eigenvalue weighted by Crippen LogP contribution is -2.49. The molecule has 1 saturated heterocycles. The highest BCUT2D eigenvalue weighted by atomic mass is 16.5. The van der Waals surface area contributed by atoms with E-state index < -0.39 is 6.04 Å². The fourth-order valence-corrected chi connectivity index (χ4v) is 2.50. The second kappa shape index (κ2) is 6.04. The zero-order chi connectivity index (χ0) is 13.8. The SMILES string of the molecule is COc1ccccc1C(C(N)=O)N1CCN(C)CC1. The number of methoxy groups -OCH3 is 1. The number of benzene rings is 1. The second-order valence-corrected chi connectivity index (χ2v) is 4.89. The van der Waals surface area contributed by atoms with Crippen molar-refractivity contribution in [3.8, 4) is 5.75 Å². The molecule has 1 fully saturated rings. The summed E-state index contributed by atoms with van der Waals surface area (Å²) < 4.78 is 5.34. The molecule has 0 radical (unpaired) electrons. The van der Waals surface area contributed by atoms with Gasteiger partial charge >= 0.3 is 0 Å². The maximum absolute atomic E-state index is 11.9. The molecule has 1 aromatic rings. The van der Waals surface area contributed by atoms with E-state index in [1.54, 1.807) is 7.11 Å². The Hall–Kier alpha value is -1.59. The van der Waals surface area contributed by atoms with E-state index in [1.807, 2.05) is 24.3 Å². The van der Waals surface area contributed by atoms with Gasteiger partial charge in [-0.1, -0.05) is 18.2 Å². The molecule has 1 aliphatic heterocycles. The van der Waals surface area contributed by atoms with Gasteiger partial charge in [-0.05, 0) is 13.1 Å². The van der Waals surface area contributed by atoms with Gasteiger partial charge in [0.15, 0.2) is 0 Å². The minimum atomic E-state index is -0.412.